The molecule has 1 spiro atoms. The summed E-state index contributed by atoms with van der Waals surface area (Å²) >= 11 is 0. The third kappa shape index (κ3) is 1.88. The van der Waals surface area contributed by atoms with E-state index in [0.29, 0.717) is 22.6 Å². The highest BCUT2D eigenvalue weighted by Gasteiger charge is 2.66. The fraction of sp³-hybridized carbons (Fsp3) is 0.412. The fourth-order valence-corrected chi connectivity index (χ4v) is 3.27. The maximum atomic E-state index is 13.2. The Bertz CT molecular complexity index is 716. The molecule has 122 valence electrons. The molecule has 0 radical (unpaired) electrons. The summed E-state index contributed by atoms with van der Waals surface area (Å²) in [5.41, 5.74) is -0.822. The van der Waals surface area contributed by atoms with Gasteiger partial charge in [-0.3, -0.25) is 9.59 Å². The lowest BCUT2D eigenvalue weighted by Gasteiger charge is -2.44. The summed E-state index contributed by atoms with van der Waals surface area (Å²) in [6, 6.07) is 5.05. The number of carbonyl (C=O) groups is 2. The van der Waals surface area contributed by atoms with Crippen molar-refractivity contribution in [3.05, 3.63) is 35.4 Å². The Morgan fingerprint density at radius 2 is 1.83 bits per heavy atom. The quantitative estimate of drug-likeness (QED) is 0.793. The predicted octanol–water partition coefficient (Wildman–Crippen LogP) is 1.92. The van der Waals surface area contributed by atoms with Gasteiger partial charge in [0.1, 0.15) is 17.1 Å². The Hall–Kier alpha value is -2.18. The van der Waals surface area contributed by atoms with Gasteiger partial charge in [-0.15, -0.1) is 0 Å². The Kier molecular flexibility index (Phi) is 3.54. The number of allylic oxidation sites excluding steroid dienone is 1. The molecular formula is C17H18O6. The zero-order chi connectivity index (χ0) is 16.8. The Labute approximate surface area is 134 Å². The predicted molar refractivity (Wildman–Crippen MR) is 80.8 cm³/mol. The van der Waals surface area contributed by atoms with Crippen molar-refractivity contribution in [3.63, 3.8) is 0 Å². The Morgan fingerprint density at radius 1 is 1.13 bits per heavy atom. The van der Waals surface area contributed by atoms with Gasteiger partial charge < -0.3 is 18.9 Å². The third-order valence-electron chi connectivity index (χ3n) is 4.51. The molecule has 6 nitrogen and oxygen atoms in total. The maximum Gasteiger partial charge on any atom is 0.237 e. The highest BCUT2D eigenvalue weighted by atomic mass is 16.7. The van der Waals surface area contributed by atoms with Gasteiger partial charge in [-0.2, -0.15) is 0 Å². The molecule has 0 N–H and O–H groups in total. The van der Waals surface area contributed by atoms with Gasteiger partial charge in [0.2, 0.25) is 17.2 Å². The van der Waals surface area contributed by atoms with E-state index in [1.165, 1.54) is 27.4 Å². The molecule has 23 heavy (non-hydrogen) atoms. The molecule has 0 aromatic heterocycles. The molecular weight excluding hydrogens is 300 g/mol. The number of fused-ring (bicyclic) bond motifs is 1. The van der Waals surface area contributed by atoms with Crippen LogP contribution in [0.5, 0.6) is 11.5 Å². The van der Waals surface area contributed by atoms with Crippen molar-refractivity contribution >= 4 is 11.6 Å². The van der Waals surface area contributed by atoms with Crippen LogP contribution in [0.4, 0.5) is 0 Å². The van der Waals surface area contributed by atoms with Crippen molar-refractivity contribution in [3.8, 4) is 11.5 Å². The number of ether oxygens (including phenoxy) is 4. The minimum Gasteiger partial charge on any atom is -0.496 e. The number of Topliss-reactive ketones (excluding diaryl/α,β-unsaturated/α-hetero) is 2. The highest BCUT2D eigenvalue weighted by molar-refractivity contribution is 6.14. The van der Waals surface area contributed by atoms with E-state index < -0.39 is 11.4 Å². The van der Waals surface area contributed by atoms with Gasteiger partial charge in [-0.05, 0) is 30.7 Å². The van der Waals surface area contributed by atoms with Gasteiger partial charge in [0, 0.05) is 14.2 Å². The minimum absolute atomic E-state index is 0.159. The monoisotopic (exact) mass is 318 g/mol. The van der Waals surface area contributed by atoms with Crippen molar-refractivity contribution < 1.29 is 28.5 Å². The second-order valence-electron chi connectivity index (χ2n) is 5.59. The molecule has 1 atom stereocenters. The summed E-state index contributed by atoms with van der Waals surface area (Å²) in [5, 5.41) is 0. The molecule has 0 amide bonds. The number of methoxy groups -OCH3 is 3. The van der Waals surface area contributed by atoms with E-state index in [4.69, 9.17) is 18.9 Å². The van der Waals surface area contributed by atoms with E-state index in [1.807, 2.05) is 0 Å². The third-order valence-corrected chi connectivity index (χ3v) is 4.51. The lowest BCUT2D eigenvalue weighted by Crippen LogP contribution is -2.64. The molecule has 6 heteroatoms. The van der Waals surface area contributed by atoms with Crippen LogP contribution in [-0.4, -0.2) is 44.3 Å². The standard InChI is InChI=1S/C17H18O6/c1-10-8-17(21-3,22-4)16(9-11(10)18)15(19)14-12(20-2)6-5-7-13(14)23-16/h5-8H,9H2,1-4H3. The molecule has 2 aliphatic rings. The first-order valence-corrected chi connectivity index (χ1v) is 7.18. The van der Waals surface area contributed by atoms with E-state index in [9.17, 15) is 9.59 Å². The normalized spacial score (nSPS) is 25.1. The zero-order valence-corrected chi connectivity index (χ0v) is 13.5. The SMILES string of the molecule is COc1cccc2c1C(=O)C1(CC(=O)C(C)=CC1(OC)OC)O2. The molecule has 1 aromatic rings. The number of benzene rings is 1. The lowest BCUT2D eigenvalue weighted by atomic mass is 9.76. The van der Waals surface area contributed by atoms with Crippen LogP contribution in [0.2, 0.25) is 0 Å². The molecule has 1 aliphatic carbocycles. The van der Waals surface area contributed by atoms with Crippen LogP contribution in [0, 0.1) is 0 Å². The van der Waals surface area contributed by atoms with Crippen molar-refractivity contribution in [2.75, 3.05) is 21.3 Å². The average molecular weight is 318 g/mol. The molecule has 0 bridgehead atoms. The molecule has 3 rings (SSSR count). The first-order valence-electron chi connectivity index (χ1n) is 7.18. The summed E-state index contributed by atoms with van der Waals surface area (Å²) in [5.74, 6) is -1.30. The Morgan fingerprint density at radius 3 is 2.43 bits per heavy atom. The van der Waals surface area contributed by atoms with Crippen LogP contribution < -0.4 is 9.47 Å². The van der Waals surface area contributed by atoms with Crippen molar-refractivity contribution in [2.45, 2.75) is 24.7 Å². The largest absolute Gasteiger partial charge is 0.496 e. The number of carbonyl (C=O) groups excluding carboxylic acids is 2. The first kappa shape index (κ1) is 15.7. The molecule has 0 fully saturated rings. The molecule has 1 aliphatic heterocycles. The fourth-order valence-electron chi connectivity index (χ4n) is 3.27. The van der Waals surface area contributed by atoms with Gasteiger partial charge >= 0.3 is 0 Å². The van der Waals surface area contributed by atoms with Crippen LogP contribution in [0.3, 0.4) is 0 Å². The lowest BCUT2D eigenvalue weighted by molar-refractivity contribution is -0.245. The number of rotatable bonds is 3. The zero-order valence-electron chi connectivity index (χ0n) is 13.5. The summed E-state index contributed by atoms with van der Waals surface area (Å²) in [6.07, 6.45) is 1.35. The van der Waals surface area contributed by atoms with E-state index in [1.54, 1.807) is 25.1 Å². The van der Waals surface area contributed by atoms with Gasteiger partial charge in [-0.25, -0.2) is 0 Å². The summed E-state index contributed by atoms with van der Waals surface area (Å²) in [6.45, 7) is 1.66. The summed E-state index contributed by atoms with van der Waals surface area (Å²) in [4.78, 5) is 25.5. The van der Waals surface area contributed by atoms with Gasteiger partial charge in [0.15, 0.2) is 5.78 Å². The van der Waals surface area contributed by atoms with E-state index in [-0.39, 0.29) is 18.0 Å². The van der Waals surface area contributed by atoms with Gasteiger partial charge in [-0.1, -0.05) is 6.07 Å². The smallest absolute Gasteiger partial charge is 0.237 e. The molecule has 1 unspecified atom stereocenters. The van der Waals surface area contributed by atoms with Crippen molar-refractivity contribution in [1.82, 2.24) is 0 Å². The number of hydrogen-bond donors (Lipinski definition) is 0. The number of hydrogen-bond acceptors (Lipinski definition) is 6. The minimum atomic E-state index is -1.59. The highest BCUT2D eigenvalue weighted by Crippen LogP contribution is 2.50. The van der Waals surface area contributed by atoms with Crippen LogP contribution in [0.1, 0.15) is 23.7 Å². The average Bonchev–Trinajstić information content (AvgIpc) is 2.84. The van der Waals surface area contributed by atoms with Crippen LogP contribution in [0.15, 0.2) is 29.8 Å². The second kappa shape index (κ2) is 5.18. The summed E-state index contributed by atoms with van der Waals surface area (Å²) in [7, 11) is 4.31. The number of ketones is 2. The van der Waals surface area contributed by atoms with Crippen molar-refractivity contribution in [1.29, 1.82) is 0 Å². The summed E-state index contributed by atoms with van der Waals surface area (Å²) < 4.78 is 22.3. The topological polar surface area (TPSA) is 71.1 Å². The van der Waals surface area contributed by atoms with Crippen LogP contribution >= 0.6 is 0 Å². The van der Waals surface area contributed by atoms with Gasteiger partial charge in [0.25, 0.3) is 0 Å². The molecule has 1 aromatic carbocycles. The van der Waals surface area contributed by atoms with Crippen molar-refractivity contribution in [2.24, 2.45) is 0 Å². The molecule has 0 saturated carbocycles. The maximum absolute atomic E-state index is 13.2. The van der Waals surface area contributed by atoms with E-state index >= 15 is 0 Å². The first-order chi connectivity index (χ1) is 10.9. The van der Waals surface area contributed by atoms with Crippen LogP contribution in [-0.2, 0) is 14.3 Å². The Balaban J connectivity index is 2.23. The second-order valence-corrected chi connectivity index (χ2v) is 5.59. The molecule has 0 saturated heterocycles. The van der Waals surface area contributed by atoms with Gasteiger partial charge in [0.05, 0.1) is 13.5 Å². The van der Waals surface area contributed by atoms with Crippen LogP contribution in [0.25, 0.3) is 0 Å². The molecule has 1 heterocycles. The van der Waals surface area contributed by atoms with E-state index in [0.717, 1.165) is 0 Å². The van der Waals surface area contributed by atoms with E-state index in [2.05, 4.69) is 0 Å².